The van der Waals surface area contributed by atoms with Crippen molar-refractivity contribution in [1.29, 1.82) is 0 Å². The van der Waals surface area contributed by atoms with E-state index < -0.39 is 0 Å². The van der Waals surface area contributed by atoms with E-state index in [-0.39, 0.29) is 6.10 Å². The zero-order chi connectivity index (χ0) is 9.84. The fraction of sp³-hybridized carbons (Fsp3) is 1.00. The van der Waals surface area contributed by atoms with Crippen LogP contribution in [-0.2, 0) is 0 Å². The van der Waals surface area contributed by atoms with Gasteiger partial charge in [-0.3, -0.25) is 0 Å². The van der Waals surface area contributed by atoms with Gasteiger partial charge in [0.2, 0.25) is 0 Å². The van der Waals surface area contributed by atoms with E-state index in [9.17, 15) is 5.11 Å². The Labute approximate surface area is 81.7 Å². The lowest BCUT2D eigenvalue weighted by Crippen LogP contribution is -2.43. The molecule has 13 heavy (non-hydrogen) atoms. The van der Waals surface area contributed by atoms with Crippen molar-refractivity contribution < 1.29 is 5.11 Å². The molecule has 0 aromatic rings. The summed E-state index contributed by atoms with van der Waals surface area (Å²) in [6.45, 7) is 6.69. The molecule has 0 aromatic heterocycles. The molecular formula is C11H23NO. The van der Waals surface area contributed by atoms with E-state index in [1.54, 1.807) is 0 Å². The third-order valence-electron chi connectivity index (χ3n) is 3.15. The Morgan fingerprint density at radius 1 is 1.23 bits per heavy atom. The molecule has 3 atom stereocenters. The Morgan fingerprint density at radius 3 is 2.46 bits per heavy atom. The maximum atomic E-state index is 9.49. The van der Waals surface area contributed by atoms with Crippen LogP contribution in [0.5, 0.6) is 0 Å². The Hall–Kier alpha value is -0.0800. The van der Waals surface area contributed by atoms with Gasteiger partial charge in [0, 0.05) is 12.1 Å². The van der Waals surface area contributed by atoms with Crippen molar-refractivity contribution in [2.24, 2.45) is 5.92 Å². The molecule has 1 rings (SSSR count). The number of aliphatic hydroxyl groups excluding tert-OH is 1. The molecule has 2 heteroatoms. The summed E-state index contributed by atoms with van der Waals surface area (Å²) in [5, 5.41) is 13.1. The Balaban J connectivity index is 2.27. The molecule has 78 valence electrons. The number of rotatable bonds is 3. The molecule has 0 amide bonds. The second kappa shape index (κ2) is 4.97. The predicted molar refractivity (Wildman–Crippen MR) is 55.7 cm³/mol. The van der Waals surface area contributed by atoms with E-state index in [0.29, 0.717) is 18.0 Å². The fourth-order valence-electron chi connectivity index (χ4n) is 1.88. The molecule has 1 aliphatic rings. The molecule has 0 saturated heterocycles. The topological polar surface area (TPSA) is 32.3 Å². The molecule has 1 fully saturated rings. The molecule has 1 saturated carbocycles. The quantitative estimate of drug-likeness (QED) is 0.704. The van der Waals surface area contributed by atoms with E-state index in [1.165, 1.54) is 12.8 Å². The highest BCUT2D eigenvalue weighted by atomic mass is 16.3. The second-order valence-corrected chi connectivity index (χ2v) is 4.72. The third-order valence-corrected chi connectivity index (χ3v) is 3.15. The molecule has 2 nitrogen and oxygen atoms in total. The number of hydrogen-bond acceptors (Lipinski definition) is 2. The minimum atomic E-state index is -0.0642. The smallest absolute Gasteiger partial charge is 0.0555 e. The monoisotopic (exact) mass is 185 g/mol. The highest BCUT2D eigenvalue weighted by Crippen LogP contribution is 2.19. The van der Waals surface area contributed by atoms with Crippen molar-refractivity contribution in [3.05, 3.63) is 0 Å². The Kier molecular flexibility index (Phi) is 4.20. The molecule has 1 unspecified atom stereocenters. The normalized spacial score (nSPS) is 32.1. The van der Waals surface area contributed by atoms with Crippen molar-refractivity contribution in [3.8, 4) is 0 Å². The molecule has 2 N–H and O–H groups in total. The molecule has 1 aliphatic carbocycles. The lowest BCUT2D eigenvalue weighted by molar-refractivity contribution is 0.107. The average Bonchev–Trinajstić information content (AvgIpc) is 2.04. The van der Waals surface area contributed by atoms with Gasteiger partial charge in [0.15, 0.2) is 0 Å². The zero-order valence-corrected chi connectivity index (χ0v) is 9.09. The first-order chi connectivity index (χ1) is 6.09. The van der Waals surface area contributed by atoms with Crippen molar-refractivity contribution in [1.82, 2.24) is 5.32 Å². The van der Waals surface area contributed by atoms with Gasteiger partial charge in [-0.2, -0.15) is 0 Å². The maximum absolute atomic E-state index is 9.49. The molecule has 0 spiro atoms. The van der Waals surface area contributed by atoms with E-state index >= 15 is 0 Å². The summed E-state index contributed by atoms with van der Waals surface area (Å²) in [4.78, 5) is 0. The SMILES string of the molecule is CC(C)C(C)N[C@H]1CCC[C@@H](O)C1. The minimum absolute atomic E-state index is 0.0642. The molecular weight excluding hydrogens is 162 g/mol. The van der Waals surface area contributed by atoms with Crippen LogP contribution in [0.2, 0.25) is 0 Å². The standard InChI is InChI=1S/C11H23NO/c1-8(2)9(3)12-10-5-4-6-11(13)7-10/h8-13H,4-7H2,1-3H3/t9?,10-,11+/m0/s1. The molecule has 0 aromatic carbocycles. The summed E-state index contributed by atoms with van der Waals surface area (Å²) >= 11 is 0. The average molecular weight is 185 g/mol. The number of hydrogen-bond donors (Lipinski definition) is 2. The van der Waals surface area contributed by atoms with Crippen LogP contribution in [-0.4, -0.2) is 23.3 Å². The predicted octanol–water partition coefficient (Wildman–Crippen LogP) is 1.92. The second-order valence-electron chi connectivity index (χ2n) is 4.72. The Morgan fingerprint density at radius 2 is 1.92 bits per heavy atom. The molecule has 0 heterocycles. The van der Waals surface area contributed by atoms with Crippen molar-refractivity contribution >= 4 is 0 Å². The third kappa shape index (κ3) is 3.65. The van der Waals surface area contributed by atoms with Gasteiger partial charge in [0.25, 0.3) is 0 Å². The molecule has 0 bridgehead atoms. The summed E-state index contributed by atoms with van der Waals surface area (Å²) in [6, 6.07) is 1.11. The summed E-state index contributed by atoms with van der Waals surface area (Å²) in [5.74, 6) is 0.680. The van der Waals surface area contributed by atoms with Crippen LogP contribution in [0, 0.1) is 5.92 Å². The molecule has 0 radical (unpaired) electrons. The van der Waals surface area contributed by atoms with Gasteiger partial charge < -0.3 is 10.4 Å². The first-order valence-corrected chi connectivity index (χ1v) is 5.53. The van der Waals surface area contributed by atoms with Gasteiger partial charge in [0.1, 0.15) is 0 Å². The highest BCUT2D eigenvalue weighted by molar-refractivity contribution is 4.80. The lowest BCUT2D eigenvalue weighted by Gasteiger charge is -2.30. The zero-order valence-electron chi connectivity index (χ0n) is 9.09. The van der Waals surface area contributed by atoms with Crippen LogP contribution in [0.4, 0.5) is 0 Å². The van der Waals surface area contributed by atoms with Crippen LogP contribution >= 0.6 is 0 Å². The van der Waals surface area contributed by atoms with Crippen molar-refractivity contribution in [3.63, 3.8) is 0 Å². The lowest BCUT2D eigenvalue weighted by atomic mass is 9.91. The van der Waals surface area contributed by atoms with Crippen LogP contribution in [0.3, 0.4) is 0 Å². The van der Waals surface area contributed by atoms with Crippen LogP contribution in [0.25, 0.3) is 0 Å². The summed E-state index contributed by atoms with van der Waals surface area (Å²) in [7, 11) is 0. The highest BCUT2D eigenvalue weighted by Gasteiger charge is 2.21. The van der Waals surface area contributed by atoms with Gasteiger partial charge in [0.05, 0.1) is 6.10 Å². The summed E-state index contributed by atoms with van der Waals surface area (Å²) in [5.41, 5.74) is 0. The first-order valence-electron chi connectivity index (χ1n) is 5.53. The van der Waals surface area contributed by atoms with Crippen LogP contribution < -0.4 is 5.32 Å². The van der Waals surface area contributed by atoms with E-state index in [4.69, 9.17) is 0 Å². The minimum Gasteiger partial charge on any atom is -0.393 e. The Bertz CT molecular complexity index is 147. The van der Waals surface area contributed by atoms with E-state index in [1.807, 2.05) is 0 Å². The van der Waals surface area contributed by atoms with Crippen molar-refractivity contribution in [2.45, 2.75) is 64.6 Å². The van der Waals surface area contributed by atoms with E-state index in [2.05, 4.69) is 26.1 Å². The van der Waals surface area contributed by atoms with Gasteiger partial charge in [-0.15, -0.1) is 0 Å². The van der Waals surface area contributed by atoms with Crippen LogP contribution in [0.15, 0.2) is 0 Å². The molecule has 0 aliphatic heterocycles. The van der Waals surface area contributed by atoms with Crippen molar-refractivity contribution in [2.75, 3.05) is 0 Å². The van der Waals surface area contributed by atoms with Gasteiger partial charge >= 0.3 is 0 Å². The maximum Gasteiger partial charge on any atom is 0.0555 e. The first kappa shape index (κ1) is 11.0. The van der Waals surface area contributed by atoms with Crippen LogP contribution in [0.1, 0.15) is 46.5 Å². The number of aliphatic hydroxyl groups is 1. The van der Waals surface area contributed by atoms with Gasteiger partial charge in [-0.1, -0.05) is 13.8 Å². The summed E-state index contributed by atoms with van der Waals surface area (Å²) in [6.07, 6.45) is 4.27. The van der Waals surface area contributed by atoms with E-state index in [0.717, 1.165) is 12.8 Å². The largest absolute Gasteiger partial charge is 0.393 e. The summed E-state index contributed by atoms with van der Waals surface area (Å²) < 4.78 is 0. The van der Waals surface area contributed by atoms with Gasteiger partial charge in [-0.05, 0) is 38.5 Å². The fourth-order valence-corrected chi connectivity index (χ4v) is 1.88. The van der Waals surface area contributed by atoms with Gasteiger partial charge in [-0.25, -0.2) is 0 Å². The number of nitrogens with one attached hydrogen (secondary N) is 1.